The summed E-state index contributed by atoms with van der Waals surface area (Å²) in [5.74, 6) is -1.10. The molecule has 0 bridgehead atoms. The van der Waals surface area contributed by atoms with Gasteiger partial charge < -0.3 is 24.8 Å². The molecule has 7 nitrogen and oxygen atoms in total. The molecule has 0 heterocycles. The molecule has 0 aliphatic heterocycles. The number of aliphatic hydroxyl groups excluding tert-OH is 3. The third kappa shape index (κ3) is 12.3. The molecule has 0 fully saturated rings. The van der Waals surface area contributed by atoms with Crippen LogP contribution >= 0.6 is 0 Å². The van der Waals surface area contributed by atoms with Gasteiger partial charge in [0.2, 0.25) is 6.29 Å². The standard InChI is InChI=1S/C14H22O4.C6H14O3/c1-6-7-8-9-12(17-13(15)10(2)3)18-14(16)11(4)5;1-2-6(3-7,4-8)5-9/h12H,2,4,6-9H2,1,3,5H3;7-9H,2-5H2,1H3. The molecule has 0 saturated carbocycles. The van der Waals surface area contributed by atoms with Crippen LogP contribution in [0.3, 0.4) is 0 Å². The Labute approximate surface area is 162 Å². The highest BCUT2D eigenvalue weighted by Crippen LogP contribution is 2.18. The Bertz CT molecular complexity index is 421. The summed E-state index contributed by atoms with van der Waals surface area (Å²) in [4.78, 5) is 22.8. The number of hydrogen-bond donors (Lipinski definition) is 3. The fourth-order valence-corrected chi connectivity index (χ4v) is 1.63. The van der Waals surface area contributed by atoms with Gasteiger partial charge in [-0.15, -0.1) is 0 Å². The number of ether oxygens (including phenoxy) is 2. The van der Waals surface area contributed by atoms with Crippen molar-refractivity contribution in [2.75, 3.05) is 19.8 Å². The minimum Gasteiger partial charge on any atom is -0.422 e. The van der Waals surface area contributed by atoms with Gasteiger partial charge in [0.25, 0.3) is 0 Å². The fourth-order valence-electron chi connectivity index (χ4n) is 1.63. The normalized spacial score (nSPS) is 10.7. The van der Waals surface area contributed by atoms with Crippen molar-refractivity contribution in [2.24, 2.45) is 5.41 Å². The molecular formula is C20H36O7. The lowest BCUT2D eigenvalue weighted by atomic mass is 9.88. The minimum atomic E-state index is -0.857. The smallest absolute Gasteiger partial charge is 0.336 e. The summed E-state index contributed by atoms with van der Waals surface area (Å²) in [6, 6.07) is 0. The summed E-state index contributed by atoms with van der Waals surface area (Å²) in [5.41, 5.74) is -0.108. The Hall–Kier alpha value is -1.70. The van der Waals surface area contributed by atoms with Crippen molar-refractivity contribution < 1.29 is 34.4 Å². The Morgan fingerprint density at radius 3 is 1.52 bits per heavy atom. The zero-order valence-electron chi connectivity index (χ0n) is 17.1. The van der Waals surface area contributed by atoms with E-state index in [1.165, 1.54) is 0 Å². The van der Waals surface area contributed by atoms with Crippen LogP contribution < -0.4 is 0 Å². The average molecular weight is 389 g/mol. The molecule has 0 aliphatic rings. The van der Waals surface area contributed by atoms with Crippen LogP contribution in [0.2, 0.25) is 0 Å². The minimum absolute atomic E-state index is 0.156. The highest BCUT2D eigenvalue weighted by atomic mass is 16.7. The van der Waals surface area contributed by atoms with Crippen LogP contribution in [0.5, 0.6) is 0 Å². The first-order chi connectivity index (χ1) is 12.6. The molecule has 3 N–H and O–H groups in total. The molecule has 7 heteroatoms. The first-order valence-electron chi connectivity index (χ1n) is 9.18. The van der Waals surface area contributed by atoms with Gasteiger partial charge >= 0.3 is 11.9 Å². The number of unbranched alkanes of at least 4 members (excludes halogenated alkanes) is 2. The fraction of sp³-hybridized carbons (Fsp3) is 0.700. The van der Waals surface area contributed by atoms with Crippen molar-refractivity contribution in [1.82, 2.24) is 0 Å². The van der Waals surface area contributed by atoms with Crippen molar-refractivity contribution in [2.45, 2.75) is 66.1 Å². The summed E-state index contributed by atoms with van der Waals surface area (Å²) >= 11 is 0. The van der Waals surface area contributed by atoms with Crippen LogP contribution in [0, 0.1) is 5.41 Å². The van der Waals surface area contributed by atoms with Gasteiger partial charge in [-0.2, -0.15) is 0 Å². The number of rotatable bonds is 12. The molecule has 0 aromatic rings. The number of carbonyl (C=O) groups is 2. The highest BCUT2D eigenvalue weighted by Gasteiger charge is 2.25. The van der Waals surface area contributed by atoms with Crippen LogP contribution in [0.4, 0.5) is 0 Å². The third-order valence-corrected chi connectivity index (χ3v) is 3.97. The molecule has 0 amide bonds. The monoisotopic (exact) mass is 388 g/mol. The van der Waals surface area contributed by atoms with E-state index in [-0.39, 0.29) is 31.0 Å². The van der Waals surface area contributed by atoms with E-state index in [0.717, 1.165) is 19.3 Å². The molecule has 27 heavy (non-hydrogen) atoms. The molecule has 0 aromatic carbocycles. The second-order valence-corrected chi connectivity index (χ2v) is 6.62. The van der Waals surface area contributed by atoms with Crippen molar-refractivity contribution in [3.05, 3.63) is 24.3 Å². The SMILES string of the molecule is C=C(C)C(=O)OC(CCCCC)OC(=O)C(=C)C.CCC(CO)(CO)CO. The van der Waals surface area contributed by atoms with E-state index in [0.29, 0.717) is 12.8 Å². The molecule has 0 radical (unpaired) electrons. The molecule has 0 atom stereocenters. The largest absolute Gasteiger partial charge is 0.422 e. The molecule has 0 unspecified atom stereocenters. The van der Waals surface area contributed by atoms with Crippen LogP contribution in [-0.2, 0) is 19.1 Å². The van der Waals surface area contributed by atoms with Gasteiger partial charge in [0, 0.05) is 23.0 Å². The maximum atomic E-state index is 11.4. The van der Waals surface area contributed by atoms with Crippen molar-refractivity contribution in [3.8, 4) is 0 Å². The topological polar surface area (TPSA) is 113 Å². The zero-order chi connectivity index (χ0) is 21.5. The number of aliphatic hydroxyl groups is 3. The van der Waals surface area contributed by atoms with Crippen molar-refractivity contribution in [3.63, 3.8) is 0 Å². The highest BCUT2D eigenvalue weighted by molar-refractivity contribution is 5.88. The molecule has 0 rings (SSSR count). The molecule has 158 valence electrons. The van der Waals surface area contributed by atoms with Crippen molar-refractivity contribution in [1.29, 1.82) is 0 Å². The van der Waals surface area contributed by atoms with Gasteiger partial charge in [0.15, 0.2) is 0 Å². The first-order valence-corrected chi connectivity index (χ1v) is 9.18. The molecule has 0 spiro atoms. The molecule has 0 saturated heterocycles. The maximum absolute atomic E-state index is 11.4. The van der Waals surface area contributed by atoms with Crippen LogP contribution in [0.1, 0.15) is 59.8 Å². The van der Waals surface area contributed by atoms with Gasteiger partial charge in [-0.3, -0.25) is 0 Å². The number of carbonyl (C=O) groups excluding carboxylic acids is 2. The maximum Gasteiger partial charge on any atom is 0.336 e. The van der Waals surface area contributed by atoms with E-state index in [2.05, 4.69) is 20.1 Å². The molecular weight excluding hydrogens is 352 g/mol. The summed E-state index contributed by atoms with van der Waals surface area (Å²) in [5, 5.41) is 26.0. The molecule has 0 aliphatic carbocycles. The summed E-state index contributed by atoms with van der Waals surface area (Å²) < 4.78 is 10.1. The van der Waals surface area contributed by atoms with Crippen LogP contribution in [0.15, 0.2) is 24.3 Å². The van der Waals surface area contributed by atoms with E-state index in [9.17, 15) is 9.59 Å². The Kier molecular flexibility index (Phi) is 15.7. The van der Waals surface area contributed by atoms with Gasteiger partial charge in [-0.05, 0) is 26.7 Å². The average Bonchev–Trinajstić information content (AvgIpc) is 2.64. The predicted molar refractivity (Wildman–Crippen MR) is 104 cm³/mol. The lowest BCUT2D eigenvalue weighted by molar-refractivity contribution is -0.183. The third-order valence-electron chi connectivity index (χ3n) is 3.97. The van der Waals surface area contributed by atoms with Crippen LogP contribution in [0.25, 0.3) is 0 Å². The first kappa shape index (κ1) is 27.5. The number of hydrogen-bond acceptors (Lipinski definition) is 7. The predicted octanol–water partition coefficient (Wildman–Crippen LogP) is 2.49. The summed E-state index contributed by atoms with van der Waals surface area (Å²) in [7, 11) is 0. The van der Waals surface area contributed by atoms with Crippen molar-refractivity contribution >= 4 is 11.9 Å². The van der Waals surface area contributed by atoms with E-state index >= 15 is 0 Å². The van der Waals surface area contributed by atoms with E-state index < -0.39 is 23.6 Å². The second kappa shape index (κ2) is 15.4. The van der Waals surface area contributed by atoms with Gasteiger partial charge in [-0.1, -0.05) is 39.8 Å². The summed E-state index contributed by atoms with van der Waals surface area (Å²) in [6.45, 7) is 13.5. The Morgan fingerprint density at radius 2 is 1.30 bits per heavy atom. The van der Waals surface area contributed by atoms with Gasteiger partial charge in [0.1, 0.15) is 0 Å². The Morgan fingerprint density at radius 1 is 0.889 bits per heavy atom. The number of esters is 2. The quantitative estimate of drug-likeness (QED) is 0.204. The second-order valence-electron chi connectivity index (χ2n) is 6.62. The van der Waals surface area contributed by atoms with E-state index in [1.807, 2.05) is 6.92 Å². The van der Waals surface area contributed by atoms with E-state index in [1.54, 1.807) is 13.8 Å². The van der Waals surface area contributed by atoms with Gasteiger partial charge in [0.05, 0.1) is 19.8 Å². The lowest BCUT2D eigenvalue weighted by Gasteiger charge is -2.24. The van der Waals surface area contributed by atoms with Gasteiger partial charge in [-0.25, -0.2) is 9.59 Å². The Balaban J connectivity index is 0. The lowest BCUT2D eigenvalue weighted by Crippen LogP contribution is -2.32. The van der Waals surface area contributed by atoms with E-state index in [4.69, 9.17) is 24.8 Å². The summed E-state index contributed by atoms with van der Waals surface area (Å²) in [6.07, 6.45) is 3.09. The zero-order valence-corrected chi connectivity index (χ0v) is 17.1. The molecule has 0 aromatic heterocycles. The van der Waals surface area contributed by atoms with Crippen LogP contribution in [-0.4, -0.2) is 53.4 Å².